The lowest BCUT2D eigenvalue weighted by Gasteiger charge is -2.20. The molecule has 2 aromatic rings. The summed E-state index contributed by atoms with van der Waals surface area (Å²) in [7, 11) is 0. The zero-order chi connectivity index (χ0) is 24.0. The maximum Gasteiger partial charge on any atom is 0.418 e. The Balaban J connectivity index is 1.67. The molecule has 0 atom stereocenters. The summed E-state index contributed by atoms with van der Waals surface area (Å²) in [6.45, 7) is 2.40. The van der Waals surface area contributed by atoms with E-state index in [1.807, 2.05) is 0 Å². The van der Waals surface area contributed by atoms with Gasteiger partial charge < -0.3 is 19.7 Å². The third-order valence-electron chi connectivity index (χ3n) is 4.78. The molecule has 0 spiro atoms. The Kier molecular flexibility index (Phi) is 7.86. The lowest BCUT2D eigenvalue weighted by atomic mass is 10.1. The zero-order valence-electron chi connectivity index (χ0n) is 17.7. The number of rotatable bonds is 6. The fraction of sp³-hybridized carbons (Fsp3) is 0.304. The molecule has 2 amide bonds. The molecule has 3 rings (SSSR count). The number of anilines is 1. The van der Waals surface area contributed by atoms with Gasteiger partial charge in [-0.2, -0.15) is 13.2 Å². The van der Waals surface area contributed by atoms with Gasteiger partial charge in [0.1, 0.15) is 6.54 Å². The Bertz CT molecular complexity index is 1060. The third-order valence-corrected chi connectivity index (χ3v) is 5.06. The number of para-hydroxylation sites is 1. The van der Waals surface area contributed by atoms with E-state index in [4.69, 9.17) is 21.1 Å². The van der Waals surface area contributed by atoms with Gasteiger partial charge in [0.05, 0.1) is 29.5 Å². The number of nitrogens with zero attached hydrogens (tertiary/aromatic N) is 1. The van der Waals surface area contributed by atoms with Crippen LogP contribution in [-0.4, -0.2) is 43.0 Å². The molecule has 0 saturated heterocycles. The number of fused-ring (bicyclic) bond motifs is 1. The Morgan fingerprint density at radius 2 is 1.91 bits per heavy atom. The average molecular weight is 483 g/mol. The molecule has 1 aliphatic heterocycles. The highest BCUT2D eigenvalue weighted by Crippen LogP contribution is 2.38. The number of nitrogens with one attached hydrogen (secondary N) is 1. The van der Waals surface area contributed by atoms with Crippen LogP contribution in [0, 0.1) is 0 Å². The van der Waals surface area contributed by atoms with Gasteiger partial charge in [-0.25, -0.2) is 0 Å². The molecule has 0 bridgehead atoms. The van der Waals surface area contributed by atoms with Gasteiger partial charge in [-0.3, -0.25) is 9.59 Å². The molecule has 0 fully saturated rings. The number of halogens is 4. The summed E-state index contributed by atoms with van der Waals surface area (Å²) in [6, 6.07) is 7.96. The van der Waals surface area contributed by atoms with Crippen molar-refractivity contribution in [2.24, 2.45) is 0 Å². The number of carbonyl (C=O) groups excluding carboxylic acids is 2. The van der Waals surface area contributed by atoms with Crippen molar-refractivity contribution in [3.8, 4) is 11.5 Å². The van der Waals surface area contributed by atoms with Crippen LogP contribution in [0.25, 0.3) is 6.08 Å². The number of hydrogen-bond donors (Lipinski definition) is 1. The highest BCUT2D eigenvalue weighted by molar-refractivity contribution is 6.32. The predicted octanol–water partition coefficient (Wildman–Crippen LogP) is 5.02. The lowest BCUT2D eigenvalue weighted by Crippen LogP contribution is -2.37. The molecule has 0 unspecified atom stereocenters. The van der Waals surface area contributed by atoms with Crippen molar-refractivity contribution in [2.75, 3.05) is 31.6 Å². The van der Waals surface area contributed by atoms with Crippen LogP contribution in [0.5, 0.6) is 11.5 Å². The van der Waals surface area contributed by atoms with Crippen LogP contribution < -0.4 is 14.8 Å². The molecule has 0 radical (unpaired) electrons. The molecule has 6 nitrogen and oxygen atoms in total. The third kappa shape index (κ3) is 6.41. The predicted molar refractivity (Wildman–Crippen MR) is 118 cm³/mol. The van der Waals surface area contributed by atoms with Gasteiger partial charge in [0.15, 0.2) is 11.5 Å². The minimum absolute atomic E-state index is 0.180. The van der Waals surface area contributed by atoms with Crippen LogP contribution in [0.15, 0.2) is 42.5 Å². The molecule has 2 aromatic carbocycles. The average Bonchev–Trinajstić information content (AvgIpc) is 3.01. The highest BCUT2D eigenvalue weighted by Gasteiger charge is 2.33. The molecular weight excluding hydrogens is 461 g/mol. The van der Waals surface area contributed by atoms with E-state index in [-0.39, 0.29) is 12.2 Å². The van der Waals surface area contributed by atoms with Crippen LogP contribution in [0.2, 0.25) is 5.02 Å². The molecule has 10 heteroatoms. The van der Waals surface area contributed by atoms with E-state index in [1.165, 1.54) is 29.2 Å². The molecule has 176 valence electrons. The van der Waals surface area contributed by atoms with Crippen molar-refractivity contribution < 1.29 is 32.2 Å². The van der Waals surface area contributed by atoms with Gasteiger partial charge in [-0.05, 0) is 42.8 Å². The number of carbonyl (C=O) groups is 2. The van der Waals surface area contributed by atoms with E-state index in [0.29, 0.717) is 35.3 Å². The van der Waals surface area contributed by atoms with Crippen molar-refractivity contribution in [3.05, 3.63) is 58.6 Å². The normalized spacial score (nSPS) is 13.5. The Morgan fingerprint density at radius 3 is 2.64 bits per heavy atom. The number of amides is 2. The maximum atomic E-state index is 13.1. The van der Waals surface area contributed by atoms with Gasteiger partial charge in [0, 0.05) is 19.0 Å². The van der Waals surface area contributed by atoms with Crippen molar-refractivity contribution >= 4 is 35.2 Å². The second-order valence-electron chi connectivity index (χ2n) is 7.16. The summed E-state index contributed by atoms with van der Waals surface area (Å²) in [5.74, 6) is -0.306. The van der Waals surface area contributed by atoms with E-state index in [0.717, 1.165) is 18.6 Å². The highest BCUT2D eigenvalue weighted by atomic mass is 35.5. The topological polar surface area (TPSA) is 67.9 Å². The lowest BCUT2D eigenvalue weighted by molar-refractivity contribution is -0.137. The largest absolute Gasteiger partial charge is 0.489 e. The van der Waals surface area contributed by atoms with Crippen LogP contribution in [0.1, 0.15) is 24.5 Å². The smallest absolute Gasteiger partial charge is 0.418 e. The first-order valence-corrected chi connectivity index (χ1v) is 10.6. The Morgan fingerprint density at radius 1 is 1.18 bits per heavy atom. The summed E-state index contributed by atoms with van der Waals surface area (Å²) in [6.07, 6.45) is -1.12. The molecule has 1 N–H and O–H groups in total. The Labute approximate surface area is 193 Å². The first-order chi connectivity index (χ1) is 15.7. The van der Waals surface area contributed by atoms with Gasteiger partial charge in [-0.15, -0.1) is 0 Å². The minimum atomic E-state index is -4.61. The number of likely N-dealkylation sites (N-methyl/N-ethyl adjacent to an activating group) is 1. The van der Waals surface area contributed by atoms with Crippen LogP contribution in [0.4, 0.5) is 18.9 Å². The zero-order valence-corrected chi connectivity index (χ0v) is 18.5. The SMILES string of the molecule is CCN(CC(=O)Nc1ccccc1C(F)(F)F)C(=O)C=Cc1cc(Cl)c2c(c1)OCCCO2. The van der Waals surface area contributed by atoms with E-state index in [9.17, 15) is 22.8 Å². The molecule has 0 aliphatic carbocycles. The van der Waals surface area contributed by atoms with E-state index in [1.54, 1.807) is 19.1 Å². The van der Waals surface area contributed by atoms with E-state index < -0.39 is 30.1 Å². The summed E-state index contributed by atoms with van der Waals surface area (Å²) in [4.78, 5) is 26.1. The van der Waals surface area contributed by atoms with E-state index in [2.05, 4.69) is 5.32 Å². The molecule has 0 aromatic heterocycles. The summed E-state index contributed by atoms with van der Waals surface area (Å²) in [5, 5.41) is 2.58. The van der Waals surface area contributed by atoms with E-state index >= 15 is 0 Å². The van der Waals surface area contributed by atoms with Crippen molar-refractivity contribution in [1.29, 1.82) is 0 Å². The summed E-state index contributed by atoms with van der Waals surface area (Å²) in [5.41, 5.74) is -0.730. The molecular formula is C23H22ClF3N2O4. The van der Waals surface area contributed by atoms with Gasteiger partial charge in [-0.1, -0.05) is 23.7 Å². The van der Waals surface area contributed by atoms with Crippen molar-refractivity contribution in [3.63, 3.8) is 0 Å². The number of ether oxygens (including phenoxy) is 2. The second kappa shape index (κ2) is 10.6. The van der Waals surface area contributed by atoms with Gasteiger partial charge >= 0.3 is 6.18 Å². The number of benzene rings is 2. The molecule has 33 heavy (non-hydrogen) atoms. The fourth-order valence-electron chi connectivity index (χ4n) is 3.17. The molecule has 1 aliphatic rings. The summed E-state index contributed by atoms with van der Waals surface area (Å²) >= 11 is 6.25. The quantitative estimate of drug-likeness (QED) is 0.587. The molecule has 0 saturated carbocycles. The van der Waals surface area contributed by atoms with Gasteiger partial charge in [0.2, 0.25) is 11.8 Å². The van der Waals surface area contributed by atoms with Crippen LogP contribution in [-0.2, 0) is 15.8 Å². The second-order valence-corrected chi connectivity index (χ2v) is 7.56. The standard InChI is InChI=1S/C23H22ClF3N2O4/c1-2-29(14-20(30)28-18-7-4-3-6-16(18)23(25,26)27)21(31)9-8-15-12-17(24)22-19(13-15)32-10-5-11-33-22/h3-4,6-9,12-13H,2,5,10-11,14H2,1H3,(H,28,30). The maximum absolute atomic E-state index is 13.1. The van der Waals surface area contributed by atoms with Crippen LogP contribution in [0.3, 0.4) is 0 Å². The first-order valence-electron chi connectivity index (χ1n) is 10.2. The van der Waals surface area contributed by atoms with Crippen molar-refractivity contribution in [2.45, 2.75) is 19.5 Å². The van der Waals surface area contributed by atoms with Crippen LogP contribution >= 0.6 is 11.6 Å². The minimum Gasteiger partial charge on any atom is -0.489 e. The Hall–Kier alpha value is -3.20. The van der Waals surface area contributed by atoms with Crippen molar-refractivity contribution in [1.82, 2.24) is 4.90 Å². The number of hydrogen-bond acceptors (Lipinski definition) is 4. The fourth-order valence-corrected chi connectivity index (χ4v) is 3.44. The summed E-state index contributed by atoms with van der Waals surface area (Å²) < 4.78 is 50.6. The number of alkyl halides is 3. The van der Waals surface area contributed by atoms with Gasteiger partial charge in [0.25, 0.3) is 0 Å². The monoisotopic (exact) mass is 482 g/mol. The first kappa shape index (κ1) is 24.4. The molecule has 1 heterocycles.